The fourth-order valence-electron chi connectivity index (χ4n) is 2.11. The fourth-order valence-corrected chi connectivity index (χ4v) is 3.05. The molecule has 0 unspecified atom stereocenters. The van der Waals surface area contributed by atoms with Crippen molar-refractivity contribution in [3.8, 4) is 0 Å². The average molecular weight is 309 g/mol. The number of hydrogen-bond donors (Lipinski definition) is 2. The normalized spacial score (nSPS) is 10.6. The Hall–Kier alpha value is -2.66. The van der Waals surface area contributed by atoms with Gasteiger partial charge in [-0.25, -0.2) is 4.98 Å². The predicted octanol–water partition coefficient (Wildman–Crippen LogP) is 4.16. The van der Waals surface area contributed by atoms with Crippen LogP contribution >= 0.6 is 11.3 Å². The van der Waals surface area contributed by atoms with E-state index in [1.165, 1.54) is 11.3 Å². The number of benzene rings is 1. The van der Waals surface area contributed by atoms with Crippen molar-refractivity contribution in [1.82, 2.24) is 4.98 Å². The summed E-state index contributed by atoms with van der Waals surface area (Å²) in [5.41, 5.74) is 9.18. The second-order valence-corrected chi connectivity index (χ2v) is 6.02. The van der Waals surface area contributed by atoms with E-state index < -0.39 is 0 Å². The van der Waals surface area contributed by atoms with Crippen molar-refractivity contribution in [2.45, 2.75) is 6.92 Å². The van der Waals surface area contributed by atoms with Crippen LogP contribution in [0.2, 0.25) is 0 Å². The fraction of sp³-hybridized carbons (Fsp3) is 0.0588. The lowest BCUT2D eigenvalue weighted by molar-refractivity contribution is 0.103. The van der Waals surface area contributed by atoms with Crippen molar-refractivity contribution in [3.63, 3.8) is 0 Å². The highest BCUT2D eigenvalue weighted by Crippen LogP contribution is 2.34. The lowest BCUT2D eigenvalue weighted by atomic mass is 10.1. The maximum Gasteiger partial charge on any atom is 0.267 e. The molecule has 3 N–H and O–H groups in total. The molecule has 110 valence electrons. The van der Waals surface area contributed by atoms with E-state index in [2.05, 4.69) is 16.9 Å². The lowest BCUT2D eigenvalue weighted by Crippen LogP contribution is -2.11. The topological polar surface area (TPSA) is 68.0 Å². The van der Waals surface area contributed by atoms with Gasteiger partial charge in [-0.1, -0.05) is 24.8 Å². The molecule has 0 saturated heterocycles. The first-order valence-electron chi connectivity index (χ1n) is 6.76. The zero-order valence-corrected chi connectivity index (χ0v) is 12.9. The summed E-state index contributed by atoms with van der Waals surface area (Å²) >= 11 is 1.29. The van der Waals surface area contributed by atoms with Gasteiger partial charge in [-0.05, 0) is 36.3 Å². The summed E-state index contributed by atoms with van der Waals surface area (Å²) in [7, 11) is 0. The number of aromatic nitrogens is 1. The van der Waals surface area contributed by atoms with Gasteiger partial charge in [0.25, 0.3) is 5.91 Å². The van der Waals surface area contributed by atoms with E-state index in [4.69, 9.17) is 5.73 Å². The predicted molar refractivity (Wildman–Crippen MR) is 93.1 cm³/mol. The Labute approximate surface area is 132 Å². The van der Waals surface area contributed by atoms with Crippen LogP contribution in [0, 0.1) is 0 Å². The molecule has 3 aromatic rings. The second kappa shape index (κ2) is 5.61. The molecule has 0 aliphatic carbocycles. The van der Waals surface area contributed by atoms with E-state index >= 15 is 0 Å². The molecule has 1 aromatic carbocycles. The van der Waals surface area contributed by atoms with E-state index in [1.807, 2.05) is 43.3 Å². The SMILES string of the molecule is C=C(C)c1cnc2sc(C(=O)Nc3ccccc3)c(N)c2c1. The van der Waals surface area contributed by atoms with Crippen LogP contribution in [0.15, 0.2) is 49.2 Å². The van der Waals surface area contributed by atoms with Crippen molar-refractivity contribution >= 4 is 44.4 Å². The van der Waals surface area contributed by atoms with Crippen LogP contribution in [0.3, 0.4) is 0 Å². The summed E-state index contributed by atoms with van der Waals surface area (Å²) in [6.45, 7) is 5.81. The number of nitrogen functional groups attached to an aromatic ring is 1. The summed E-state index contributed by atoms with van der Waals surface area (Å²) in [6.07, 6.45) is 1.75. The van der Waals surface area contributed by atoms with Crippen LogP contribution in [0.1, 0.15) is 22.2 Å². The van der Waals surface area contributed by atoms with Gasteiger partial charge in [0.05, 0.1) is 5.69 Å². The largest absolute Gasteiger partial charge is 0.397 e. The molecule has 0 aliphatic heterocycles. The number of carbonyl (C=O) groups is 1. The van der Waals surface area contributed by atoms with Crippen LogP contribution in [0.5, 0.6) is 0 Å². The Balaban J connectivity index is 1.99. The molecule has 22 heavy (non-hydrogen) atoms. The van der Waals surface area contributed by atoms with Crippen LogP contribution in [-0.4, -0.2) is 10.9 Å². The van der Waals surface area contributed by atoms with Crippen LogP contribution in [0.4, 0.5) is 11.4 Å². The van der Waals surface area contributed by atoms with Gasteiger partial charge in [-0.3, -0.25) is 4.79 Å². The van der Waals surface area contributed by atoms with Gasteiger partial charge in [-0.15, -0.1) is 11.3 Å². The van der Waals surface area contributed by atoms with E-state index in [1.54, 1.807) is 6.20 Å². The monoisotopic (exact) mass is 309 g/mol. The average Bonchev–Trinajstić information content (AvgIpc) is 2.85. The number of allylic oxidation sites excluding steroid dienone is 1. The zero-order valence-electron chi connectivity index (χ0n) is 12.1. The standard InChI is InChI=1S/C17H15N3OS/c1-10(2)11-8-13-14(18)15(22-17(13)19-9-11)16(21)20-12-6-4-3-5-7-12/h3-9H,1,18H2,2H3,(H,20,21). The molecular weight excluding hydrogens is 294 g/mol. The quantitative estimate of drug-likeness (QED) is 0.763. The highest BCUT2D eigenvalue weighted by molar-refractivity contribution is 7.21. The highest BCUT2D eigenvalue weighted by atomic mass is 32.1. The number of amides is 1. The minimum absolute atomic E-state index is 0.219. The number of nitrogens with two attached hydrogens (primary N) is 1. The number of fused-ring (bicyclic) bond motifs is 1. The molecule has 0 fully saturated rings. The van der Waals surface area contributed by atoms with Crippen molar-refractivity contribution in [2.24, 2.45) is 0 Å². The number of para-hydroxylation sites is 1. The Morgan fingerprint density at radius 1 is 1.32 bits per heavy atom. The number of nitrogens with one attached hydrogen (secondary N) is 1. The Kier molecular flexibility index (Phi) is 3.65. The second-order valence-electron chi connectivity index (χ2n) is 5.02. The first-order valence-corrected chi connectivity index (χ1v) is 7.58. The van der Waals surface area contributed by atoms with Gasteiger partial charge in [0.15, 0.2) is 0 Å². The van der Waals surface area contributed by atoms with Crippen molar-refractivity contribution < 1.29 is 4.79 Å². The maximum atomic E-state index is 12.4. The summed E-state index contributed by atoms with van der Waals surface area (Å²) in [4.78, 5) is 18.0. The van der Waals surface area contributed by atoms with E-state index in [-0.39, 0.29) is 5.91 Å². The molecule has 1 amide bonds. The molecule has 0 spiro atoms. The summed E-state index contributed by atoms with van der Waals surface area (Å²) in [5, 5.41) is 3.64. The molecule has 0 atom stereocenters. The Bertz CT molecular complexity index is 868. The molecule has 5 heteroatoms. The van der Waals surface area contributed by atoms with E-state index in [0.717, 1.165) is 27.0 Å². The highest BCUT2D eigenvalue weighted by Gasteiger charge is 2.17. The molecular formula is C17H15N3OS. The molecule has 0 bridgehead atoms. The third kappa shape index (κ3) is 2.58. The number of hydrogen-bond acceptors (Lipinski definition) is 4. The summed E-state index contributed by atoms with van der Waals surface area (Å²) in [6, 6.07) is 11.2. The van der Waals surface area contributed by atoms with Crippen molar-refractivity contribution in [3.05, 3.63) is 59.6 Å². The van der Waals surface area contributed by atoms with Gasteiger partial charge < -0.3 is 11.1 Å². The molecule has 0 saturated carbocycles. The molecule has 2 aromatic heterocycles. The molecule has 0 aliphatic rings. The molecule has 2 heterocycles. The molecule has 0 radical (unpaired) electrons. The zero-order chi connectivity index (χ0) is 15.7. The first-order chi connectivity index (χ1) is 10.6. The smallest absolute Gasteiger partial charge is 0.267 e. The minimum Gasteiger partial charge on any atom is -0.397 e. The third-order valence-corrected chi connectivity index (χ3v) is 4.44. The third-order valence-electron chi connectivity index (χ3n) is 3.32. The minimum atomic E-state index is -0.219. The number of rotatable bonds is 3. The Morgan fingerprint density at radius 3 is 2.73 bits per heavy atom. The van der Waals surface area contributed by atoms with Crippen LogP contribution in [0.25, 0.3) is 15.8 Å². The van der Waals surface area contributed by atoms with E-state index in [0.29, 0.717) is 10.6 Å². The number of pyridine rings is 1. The van der Waals surface area contributed by atoms with Crippen LogP contribution < -0.4 is 11.1 Å². The molecule has 4 nitrogen and oxygen atoms in total. The maximum absolute atomic E-state index is 12.4. The number of thiophene rings is 1. The summed E-state index contributed by atoms with van der Waals surface area (Å²) < 4.78 is 0. The van der Waals surface area contributed by atoms with Gasteiger partial charge in [0.1, 0.15) is 9.71 Å². The first kappa shape index (κ1) is 14.3. The lowest BCUT2D eigenvalue weighted by Gasteiger charge is -2.03. The van der Waals surface area contributed by atoms with Crippen LogP contribution in [-0.2, 0) is 0 Å². The number of anilines is 2. The molecule has 3 rings (SSSR count). The summed E-state index contributed by atoms with van der Waals surface area (Å²) in [5.74, 6) is -0.219. The van der Waals surface area contributed by atoms with Crippen molar-refractivity contribution in [1.29, 1.82) is 0 Å². The van der Waals surface area contributed by atoms with Crippen molar-refractivity contribution in [2.75, 3.05) is 11.1 Å². The Morgan fingerprint density at radius 2 is 2.05 bits per heavy atom. The van der Waals surface area contributed by atoms with E-state index in [9.17, 15) is 4.79 Å². The van der Waals surface area contributed by atoms with Gasteiger partial charge >= 0.3 is 0 Å². The van der Waals surface area contributed by atoms with Gasteiger partial charge in [0.2, 0.25) is 0 Å². The van der Waals surface area contributed by atoms with Gasteiger partial charge in [-0.2, -0.15) is 0 Å². The number of nitrogens with zero attached hydrogens (tertiary/aromatic N) is 1. The van der Waals surface area contributed by atoms with Gasteiger partial charge in [0, 0.05) is 17.3 Å². The number of carbonyl (C=O) groups excluding carboxylic acids is 1.